The Hall–Kier alpha value is -2.11. The van der Waals surface area contributed by atoms with E-state index < -0.39 is 0 Å². The third-order valence-electron chi connectivity index (χ3n) is 3.44. The molecule has 24 heavy (non-hydrogen) atoms. The molecule has 6 heteroatoms. The van der Waals surface area contributed by atoms with E-state index in [1.807, 2.05) is 26.8 Å². The van der Waals surface area contributed by atoms with Gasteiger partial charge in [0.25, 0.3) is 5.91 Å². The van der Waals surface area contributed by atoms with Gasteiger partial charge in [-0.15, -0.1) is 0 Å². The molecule has 0 radical (unpaired) electrons. The van der Waals surface area contributed by atoms with Gasteiger partial charge in [0.2, 0.25) is 0 Å². The molecule has 0 saturated heterocycles. The van der Waals surface area contributed by atoms with E-state index in [0.29, 0.717) is 11.3 Å². The first-order chi connectivity index (χ1) is 11.2. The number of phenols is 1. The van der Waals surface area contributed by atoms with E-state index in [-0.39, 0.29) is 27.2 Å². The Morgan fingerprint density at radius 1 is 1.17 bits per heavy atom. The lowest BCUT2D eigenvalue weighted by Gasteiger charge is -2.21. The molecule has 0 heterocycles. The van der Waals surface area contributed by atoms with Gasteiger partial charge in [-0.25, -0.2) is 0 Å². The Morgan fingerprint density at radius 3 is 2.38 bits per heavy atom. The molecule has 0 bridgehead atoms. The highest BCUT2D eigenvalue weighted by Crippen LogP contribution is 2.37. The number of amides is 1. The maximum atomic E-state index is 12.1. The number of aromatic hydroxyl groups is 1. The Kier molecular flexibility index (Phi) is 5.47. The summed E-state index contributed by atoms with van der Waals surface area (Å²) in [7, 11) is 0. The number of hydrogen-bond acceptors (Lipinski definition) is 3. The van der Waals surface area contributed by atoms with Crippen LogP contribution in [-0.4, -0.2) is 16.1 Å². The van der Waals surface area contributed by atoms with Gasteiger partial charge in [-0.05, 0) is 47.5 Å². The largest absolute Gasteiger partial charge is 0.504 e. The molecule has 0 aliphatic rings. The zero-order valence-electron chi connectivity index (χ0n) is 13.7. The second kappa shape index (κ2) is 7.20. The van der Waals surface area contributed by atoms with Crippen molar-refractivity contribution in [2.24, 2.45) is 0 Å². The predicted molar refractivity (Wildman–Crippen MR) is 102 cm³/mol. The average molecular weight is 363 g/mol. The minimum absolute atomic E-state index is 0.0845. The number of nitrogens with one attached hydrogen (secondary N) is 2. The third-order valence-corrected chi connectivity index (χ3v) is 3.93. The van der Waals surface area contributed by atoms with Gasteiger partial charge in [0.05, 0.1) is 10.7 Å². The predicted octanol–water partition coefficient (Wildman–Crippen LogP) is 4.47. The number of anilines is 1. The molecule has 0 aromatic heterocycles. The lowest BCUT2D eigenvalue weighted by atomic mass is 9.87. The van der Waals surface area contributed by atoms with Crippen LogP contribution in [-0.2, 0) is 5.41 Å². The second-order valence-corrected chi connectivity index (χ2v) is 7.19. The van der Waals surface area contributed by atoms with Crippen molar-refractivity contribution in [2.75, 3.05) is 5.32 Å². The van der Waals surface area contributed by atoms with E-state index in [4.69, 9.17) is 23.8 Å². The summed E-state index contributed by atoms with van der Waals surface area (Å²) in [4.78, 5) is 12.1. The molecule has 126 valence electrons. The fourth-order valence-electron chi connectivity index (χ4n) is 2.05. The second-order valence-electron chi connectivity index (χ2n) is 6.38. The van der Waals surface area contributed by atoms with Crippen molar-refractivity contribution in [3.8, 4) is 5.75 Å². The molecular formula is C18H19ClN2O2S. The molecule has 0 saturated carbocycles. The SMILES string of the molecule is CC(C)(C)c1cc(Cl)c(O)c(NC(=S)NC(=O)c2ccccc2)c1. The summed E-state index contributed by atoms with van der Waals surface area (Å²) in [5, 5.41) is 15.8. The summed E-state index contributed by atoms with van der Waals surface area (Å²) in [6.07, 6.45) is 0. The standard InChI is InChI=1S/C18H19ClN2O2S/c1-18(2,3)12-9-13(19)15(22)14(10-12)20-17(24)21-16(23)11-7-5-4-6-8-11/h4-10,22H,1-3H3,(H2,20,21,23,24). The molecule has 0 fully saturated rings. The minimum Gasteiger partial charge on any atom is -0.504 e. The lowest BCUT2D eigenvalue weighted by Crippen LogP contribution is -2.34. The first-order valence-electron chi connectivity index (χ1n) is 7.39. The van der Waals surface area contributed by atoms with Crippen molar-refractivity contribution >= 4 is 40.5 Å². The summed E-state index contributed by atoms with van der Waals surface area (Å²) in [6, 6.07) is 12.2. The van der Waals surface area contributed by atoms with Crippen molar-refractivity contribution in [3.05, 3.63) is 58.6 Å². The van der Waals surface area contributed by atoms with E-state index in [0.717, 1.165) is 5.56 Å². The van der Waals surface area contributed by atoms with Gasteiger partial charge in [-0.3, -0.25) is 10.1 Å². The number of carbonyl (C=O) groups excluding carboxylic acids is 1. The number of phenolic OH excluding ortho intramolecular Hbond substituents is 1. The van der Waals surface area contributed by atoms with Gasteiger partial charge in [0.15, 0.2) is 10.9 Å². The van der Waals surface area contributed by atoms with Crippen LogP contribution in [0, 0.1) is 0 Å². The molecule has 3 N–H and O–H groups in total. The van der Waals surface area contributed by atoms with E-state index in [2.05, 4.69) is 10.6 Å². The van der Waals surface area contributed by atoms with Crippen molar-refractivity contribution in [3.63, 3.8) is 0 Å². The highest BCUT2D eigenvalue weighted by atomic mass is 35.5. The molecule has 4 nitrogen and oxygen atoms in total. The van der Waals surface area contributed by atoms with Crippen molar-refractivity contribution < 1.29 is 9.90 Å². The Balaban J connectivity index is 2.17. The van der Waals surface area contributed by atoms with Gasteiger partial charge in [-0.1, -0.05) is 50.6 Å². The van der Waals surface area contributed by atoms with Crippen LogP contribution in [0.4, 0.5) is 5.69 Å². The Labute approximate surface area is 151 Å². The number of carbonyl (C=O) groups is 1. The molecule has 0 aliphatic carbocycles. The third kappa shape index (κ3) is 4.46. The van der Waals surface area contributed by atoms with Crippen molar-refractivity contribution in [2.45, 2.75) is 26.2 Å². The molecular weight excluding hydrogens is 344 g/mol. The zero-order chi connectivity index (χ0) is 17.9. The first kappa shape index (κ1) is 18.2. The monoisotopic (exact) mass is 362 g/mol. The van der Waals surface area contributed by atoms with Gasteiger partial charge >= 0.3 is 0 Å². The summed E-state index contributed by atoms with van der Waals surface area (Å²) in [5.41, 5.74) is 1.63. The summed E-state index contributed by atoms with van der Waals surface area (Å²) in [6.45, 7) is 6.11. The smallest absolute Gasteiger partial charge is 0.257 e. The molecule has 2 aromatic rings. The number of rotatable bonds is 2. The van der Waals surface area contributed by atoms with Gasteiger partial charge < -0.3 is 10.4 Å². The highest BCUT2D eigenvalue weighted by Gasteiger charge is 2.19. The van der Waals surface area contributed by atoms with Crippen LogP contribution < -0.4 is 10.6 Å². The molecule has 0 unspecified atom stereocenters. The minimum atomic E-state index is -0.328. The van der Waals surface area contributed by atoms with Crippen LogP contribution in [0.1, 0.15) is 36.7 Å². The summed E-state index contributed by atoms with van der Waals surface area (Å²) >= 11 is 11.2. The zero-order valence-corrected chi connectivity index (χ0v) is 15.3. The van der Waals surface area contributed by atoms with E-state index >= 15 is 0 Å². The van der Waals surface area contributed by atoms with E-state index in [1.54, 1.807) is 36.4 Å². The van der Waals surface area contributed by atoms with Crippen LogP contribution in [0.3, 0.4) is 0 Å². The van der Waals surface area contributed by atoms with Crippen molar-refractivity contribution in [1.82, 2.24) is 5.32 Å². The number of thiocarbonyl (C=S) groups is 1. The lowest BCUT2D eigenvalue weighted by molar-refractivity contribution is 0.0977. The van der Waals surface area contributed by atoms with Crippen LogP contribution in [0.5, 0.6) is 5.75 Å². The van der Waals surface area contributed by atoms with Crippen LogP contribution in [0.2, 0.25) is 5.02 Å². The van der Waals surface area contributed by atoms with Gasteiger partial charge in [0.1, 0.15) is 0 Å². The van der Waals surface area contributed by atoms with E-state index in [9.17, 15) is 9.90 Å². The fourth-order valence-corrected chi connectivity index (χ4v) is 2.47. The Bertz CT molecular complexity index is 771. The van der Waals surface area contributed by atoms with Crippen LogP contribution >= 0.6 is 23.8 Å². The van der Waals surface area contributed by atoms with Gasteiger partial charge in [-0.2, -0.15) is 0 Å². The summed E-state index contributed by atoms with van der Waals surface area (Å²) < 4.78 is 0. The topological polar surface area (TPSA) is 61.4 Å². The quantitative estimate of drug-likeness (QED) is 0.545. The molecule has 0 spiro atoms. The maximum absolute atomic E-state index is 12.1. The summed E-state index contributed by atoms with van der Waals surface area (Å²) in [5.74, 6) is -0.438. The van der Waals surface area contributed by atoms with Crippen molar-refractivity contribution in [1.29, 1.82) is 0 Å². The normalized spacial score (nSPS) is 11.0. The number of hydrogen-bond donors (Lipinski definition) is 3. The maximum Gasteiger partial charge on any atom is 0.257 e. The number of halogens is 1. The first-order valence-corrected chi connectivity index (χ1v) is 8.17. The Morgan fingerprint density at radius 2 is 1.79 bits per heavy atom. The number of benzene rings is 2. The van der Waals surface area contributed by atoms with E-state index in [1.165, 1.54) is 0 Å². The highest BCUT2D eigenvalue weighted by molar-refractivity contribution is 7.80. The molecule has 0 atom stereocenters. The molecule has 2 aromatic carbocycles. The average Bonchev–Trinajstić information content (AvgIpc) is 2.51. The molecule has 1 amide bonds. The van der Waals surface area contributed by atoms with Crippen LogP contribution in [0.15, 0.2) is 42.5 Å². The van der Waals surface area contributed by atoms with Crippen LogP contribution in [0.25, 0.3) is 0 Å². The molecule has 2 rings (SSSR count). The van der Waals surface area contributed by atoms with Gasteiger partial charge in [0, 0.05) is 5.56 Å². The molecule has 0 aliphatic heterocycles. The fraction of sp³-hybridized carbons (Fsp3) is 0.222.